The molecule has 108 valence electrons. The summed E-state index contributed by atoms with van der Waals surface area (Å²) in [5.74, 6) is 0. The van der Waals surface area contributed by atoms with E-state index in [1.54, 1.807) is 6.92 Å². The number of aryl methyl sites for hydroxylation is 1. The Hall–Kier alpha value is -1.12. The summed E-state index contributed by atoms with van der Waals surface area (Å²) in [6.45, 7) is 2.98. The van der Waals surface area contributed by atoms with Gasteiger partial charge in [0.1, 0.15) is 0 Å². The van der Waals surface area contributed by atoms with Crippen LogP contribution in [0.15, 0.2) is 23.1 Å². The first-order valence-electron chi connectivity index (χ1n) is 5.48. The Bertz CT molecular complexity index is 556. The van der Waals surface area contributed by atoms with Gasteiger partial charge in [-0.1, -0.05) is 0 Å². The van der Waals surface area contributed by atoms with E-state index in [4.69, 9.17) is 5.73 Å². The smallest absolute Gasteiger partial charge is 0.329 e. The number of alkyl halides is 3. The van der Waals surface area contributed by atoms with Gasteiger partial charge in [0.05, 0.1) is 10.5 Å². The summed E-state index contributed by atoms with van der Waals surface area (Å²) in [6, 6.07) is 2.01. The quantitative estimate of drug-likeness (QED) is 0.887. The van der Waals surface area contributed by atoms with E-state index >= 15 is 0 Å². The summed E-state index contributed by atoms with van der Waals surface area (Å²) in [6.07, 6.45) is -4.50. The minimum absolute atomic E-state index is 0.0338. The lowest BCUT2D eigenvalue weighted by atomic mass is 10.1. The molecule has 0 amide bonds. The number of hydrogen-bond acceptors (Lipinski definition) is 3. The molecule has 0 radical (unpaired) electrons. The van der Waals surface area contributed by atoms with Crippen LogP contribution < -0.4 is 10.5 Å². The van der Waals surface area contributed by atoms with E-state index < -0.39 is 27.8 Å². The van der Waals surface area contributed by atoms with Gasteiger partial charge < -0.3 is 5.73 Å². The van der Waals surface area contributed by atoms with E-state index in [2.05, 4.69) is 4.72 Å². The van der Waals surface area contributed by atoms with E-state index in [1.807, 2.05) is 0 Å². The van der Waals surface area contributed by atoms with Crippen LogP contribution in [0.4, 0.5) is 13.2 Å². The van der Waals surface area contributed by atoms with Crippen molar-refractivity contribution in [3.63, 3.8) is 0 Å². The Balaban J connectivity index is 3.16. The SMILES string of the molecule is Cc1cc(C(F)(F)F)ccc1S(=O)(=O)N[C@H](C)CN. The molecule has 0 aliphatic rings. The molecule has 0 aliphatic carbocycles. The molecule has 0 saturated carbocycles. The topological polar surface area (TPSA) is 72.2 Å². The molecular weight excluding hydrogens is 281 g/mol. The maximum absolute atomic E-state index is 12.5. The van der Waals surface area contributed by atoms with Crippen molar-refractivity contribution >= 4 is 10.0 Å². The molecule has 0 fully saturated rings. The van der Waals surface area contributed by atoms with Crippen LogP contribution >= 0.6 is 0 Å². The normalized spacial score (nSPS) is 14.4. The number of benzene rings is 1. The van der Waals surface area contributed by atoms with Gasteiger partial charge in [0.25, 0.3) is 0 Å². The van der Waals surface area contributed by atoms with Crippen molar-refractivity contribution in [1.82, 2.24) is 4.72 Å². The fraction of sp³-hybridized carbons (Fsp3) is 0.455. The molecule has 1 aromatic carbocycles. The highest BCUT2D eigenvalue weighted by Crippen LogP contribution is 2.31. The average Bonchev–Trinajstić information content (AvgIpc) is 2.26. The number of sulfonamides is 1. The molecule has 0 saturated heterocycles. The van der Waals surface area contributed by atoms with Crippen molar-refractivity contribution in [3.8, 4) is 0 Å². The first-order chi connectivity index (χ1) is 8.58. The first-order valence-corrected chi connectivity index (χ1v) is 6.96. The number of nitrogens with two attached hydrogens (primary N) is 1. The molecule has 8 heteroatoms. The number of nitrogens with one attached hydrogen (secondary N) is 1. The molecule has 1 rings (SSSR count). The fourth-order valence-electron chi connectivity index (χ4n) is 1.50. The van der Waals surface area contributed by atoms with E-state index in [9.17, 15) is 21.6 Å². The van der Waals surface area contributed by atoms with Gasteiger partial charge in [0.2, 0.25) is 10.0 Å². The summed E-state index contributed by atoms with van der Waals surface area (Å²) in [4.78, 5) is -0.180. The van der Waals surface area contributed by atoms with Crippen LogP contribution in [-0.4, -0.2) is 21.0 Å². The molecule has 4 nitrogen and oxygen atoms in total. The summed E-state index contributed by atoms with van der Waals surface area (Å²) in [5, 5.41) is 0. The summed E-state index contributed by atoms with van der Waals surface area (Å²) in [7, 11) is -3.86. The lowest BCUT2D eigenvalue weighted by Crippen LogP contribution is -2.38. The second-order valence-electron chi connectivity index (χ2n) is 4.24. The average molecular weight is 296 g/mol. The van der Waals surface area contributed by atoms with Crippen molar-refractivity contribution in [2.45, 2.75) is 31.0 Å². The number of halogens is 3. The monoisotopic (exact) mass is 296 g/mol. The van der Waals surface area contributed by atoms with Gasteiger partial charge in [0.15, 0.2) is 0 Å². The molecule has 0 aliphatic heterocycles. The largest absolute Gasteiger partial charge is 0.416 e. The Kier molecular flexibility index (Phi) is 4.59. The van der Waals surface area contributed by atoms with E-state index in [1.165, 1.54) is 6.92 Å². The van der Waals surface area contributed by atoms with Crippen molar-refractivity contribution in [2.24, 2.45) is 5.73 Å². The minimum atomic E-state index is -4.50. The standard InChI is InChI=1S/C11H15F3N2O2S/c1-7-5-9(11(12,13)14)3-4-10(7)19(17,18)16-8(2)6-15/h3-5,8,16H,6,15H2,1-2H3/t8-/m1/s1. The maximum atomic E-state index is 12.5. The van der Waals surface area contributed by atoms with Crippen LogP contribution in [0, 0.1) is 6.92 Å². The molecule has 1 atom stereocenters. The van der Waals surface area contributed by atoms with Gasteiger partial charge in [-0.3, -0.25) is 0 Å². The van der Waals surface area contributed by atoms with Crippen molar-refractivity contribution < 1.29 is 21.6 Å². The van der Waals surface area contributed by atoms with Gasteiger partial charge in [-0.05, 0) is 37.6 Å². The van der Waals surface area contributed by atoms with Crippen molar-refractivity contribution in [3.05, 3.63) is 29.3 Å². The maximum Gasteiger partial charge on any atom is 0.416 e. The third-order valence-corrected chi connectivity index (χ3v) is 4.25. The molecule has 0 aromatic heterocycles. The lowest BCUT2D eigenvalue weighted by molar-refractivity contribution is -0.137. The molecule has 3 N–H and O–H groups in total. The second kappa shape index (κ2) is 5.48. The van der Waals surface area contributed by atoms with E-state index in [-0.39, 0.29) is 17.0 Å². The Labute approximate surface area is 109 Å². The Morgan fingerprint density at radius 1 is 1.37 bits per heavy atom. The van der Waals surface area contributed by atoms with Crippen LogP contribution in [0.5, 0.6) is 0 Å². The zero-order valence-electron chi connectivity index (χ0n) is 10.5. The molecular formula is C11H15F3N2O2S. The van der Waals surface area contributed by atoms with E-state index in [0.717, 1.165) is 18.2 Å². The lowest BCUT2D eigenvalue weighted by Gasteiger charge is -2.15. The number of hydrogen-bond donors (Lipinski definition) is 2. The first kappa shape index (κ1) is 15.9. The summed E-state index contributed by atoms with van der Waals surface area (Å²) >= 11 is 0. The predicted molar refractivity (Wildman–Crippen MR) is 65.0 cm³/mol. The molecule has 0 unspecified atom stereocenters. The molecule has 0 heterocycles. The summed E-state index contributed by atoms with van der Waals surface area (Å²) < 4.78 is 63.6. The molecule has 19 heavy (non-hydrogen) atoms. The Morgan fingerprint density at radius 2 is 1.95 bits per heavy atom. The fourth-order valence-corrected chi connectivity index (χ4v) is 2.99. The zero-order valence-corrected chi connectivity index (χ0v) is 11.3. The molecule has 1 aromatic rings. The highest BCUT2D eigenvalue weighted by Gasteiger charge is 2.31. The second-order valence-corrected chi connectivity index (χ2v) is 5.92. The third kappa shape index (κ3) is 3.92. The van der Waals surface area contributed by atoms with Crippen LogP contribution in [0.1, 0.15) is 18.1 Å². The highest BCUT2D eigenvalue weighted by atomic mass is 32.2. The molecule has 0 bridgehead atoms. The van der Waals surface area contributed by atoms with Crippen LogP contribution in [-0.2, 0) is 16.2 Å². The third-order valence-electron chi connectivity index (χ3n) is 2.50. The minimum Gasteiger partial charge on any atom is -0.329 e. The summed E-state index contributed by atoms with van der Waals surface area (Å²) in [5.41, 5.74) is 4.46. The van der Waals surface area contributed by atoms with Gasteiger partial charge in [-0.15, -0.1) is 0 Å². The van der Waals surface area contributed by atoms with Crippen LogP contribution in [0.2, 0.25) is 0 Å². The Morgan fingerprint density at radius 3 is 2.37 bits per heavy atom. The van der Waals surface area contributed by atoms with Crippen LogP contribution in [0.25, 0.3) is 0 Å². The van der Waals surface area contributed by atoms with Gasteiger partial charge in [-0.2, -0.15) is 13.2 Å². The predicted octanol–water partition coefficient (Wildman–Crippen LogP) is 1.64. The van der Waals surface area contributed by atoms with Gasteiger partial charge in [-0.25, -0.2) is 13.1 Å². The van der Waals surface area contributed by atoms with Gasteiger partial charge >= 0.3 is 6.18 Å². The zero-order chi connectivity index (χ0) is 14.8. The molecule has 0 spiro atoms. The van der Waals surface area contributed by atoms with E-state index in [0.29, 0.717) is 0 Å². The van der Waals surface area contributed by atoms with Gasteiger partial charge in [0, 0.05) is 12.6 Å². The van der Waals surface area contributed by atoms with Crippen molar-refractivity contribution in [2.75, 3.05) is 6.54 Å². The van der Waals surface area contributed by atoms with Crippen molar-refractivity contribution in [1.29, 1.82) is 0 Å². The van der Waals surface area contributed by atoms with Crippen LogP contribution in [0.3, 0.4) is 0 Å². The number of rotatable bonds is 4. The highest BCUT2D eigenvalue weighted by molar-refractivity contribution is 7.89.